The number of fused-ring (bicyclic) bond motifs is 1. The van der Waals surface area contributed by atoms with E-state index in [0.717, 1.165) is 27.5 Å². The third-order valence-electron chi connectivity index (χ3n) is 2.76. The van der Waals surface area contributed by atoms with Crippen molar-refractivity contribution >= 4 is 26.8 Å². The lowest BCUT2D eigenvalue weighted by Crippen LogP contribution is -2.24. The Labute approximate surface area is 109 Å². The molecule has 0 bridgehead atoms. The maximum atomic E-state index is 9.44. The van der Waals surface area contributed by atoms with E-state index in [1.165, 1.54) is 0 Å². The van der Waals surface area contributed by atoms with Gasteiger partial charge in [0.05, 0.1) is 18.2 Å². The Morgan fingerprint density at radius 1 is 1.41 bits per heavy atom. The summed E-state index contributed by atoms with van der Waals surface area (Å²) in [5.41, 5.74) is 1.97. The summed E-state index contributed by atoms with van der Waals surface area (Å²) in [6, 6.07) is 7.88. The van der Waals surface area contributed by atoms with E-state index in [1.807, 2.05) is 31.2 Å². The summed E-state index contributed by atoms with van der Waals surface area (Å²) in [6.07, 6.45) is 1.78. The zero-order valence-electron chi connectivity index (χ0n) is 9.65. The van der Waals surface area contributed by atoms with Crippen LogP contribution < -0.4 is 5.32 Å². The number of nitrogens with one attached hydrogen (secondary N) is 1. The largest absolute Gasteiger partial charge is 0.394 e. The topological polar surface area (TPSA) is 45.1 Å². The van der Waals surface area contributed by atoms with E-state index in [0.29, 0.717) is 0 Å². The minimum atomic E-state index is -0.0644. The van der Waals surface area contributed by atoms with Crippen LogP contribution in [0.2, 0.25) is 0 Å². The third kappa shape index (κ3) is 2.49. The Bertz CT molecular complexity index is 516. The first-order valence-corrected chi connectivity index (χ1v) is 6.44. The molecule has 0 radical (unpaired) electrons. The lowest BCUT2D eigenvalue weighted by Gasteiger charge is -2.17. The van der Waals surface area contributed by atoms with E-state index in [-0.39, 0.29) is 12.6 Å². The number of nitrogens with zero attached hydrogens (tertiary/aromatic N) is 1. The van der Waals surface area contributed by atoms with Gasteiger partial charge in [-0.1, -0.05) is 35.0 Å². The maximum absolute atomic E-state index is 9.44. The van der Waals surface area contributed by atoms with E-state index in [9.17, 15) is 5.11 Å². The van der Waals surface area contributed by atoms with E-state index in [2.05, 4.69) is 26.2 Å². The fourth-order valence-electron chi connectivity index (χ4n) is 1.96. The zero-order valence-corrected chi connectivity index (χ0v) is 11.2. The fourth-order valence-corrected chi connectivity index (χ4v) is 2.41. The average Bonchev–Trinajstić information content (AvgIpc) is 2.37. The van der Waals surface area contributed by atoms with Gasteiger partial charge in [-0.3, -0.25) is 4.98 Å². The first-order valence-electron chi connectivity index (χ1n) is 5.65. The Morgan fingerprint density at radius 2 is 2.24 bits per heavy atom. The van der Waals surface area contributed by atoms with Crippen molar-refractivity contribution in [1.82, 2.24) is 10.3 Å². The number of hydrogen-bond acceptors (Lipinski definition) is 3. The van der Waals surface area contributed by atoms with Gasteiger partial charge < -0.3 is 10.4 Å². The van der Waals surface area contributed by atoms with Crippen LogP contribution in [-0.4, -0.2) is 23.2 Å². The summed E-state index contributed by atoms with van der Waals surface area (Å²) in [5, 5.41) is 13.8. The van der Waals surface area contributed by atoms with Crippen LogP contribution in [0.25, 0.3) is 10.9 Å². The minimum Gasteiger partial charge on any atom is -0.394 e. The lowest BCUT2D eigenvalue weighted by atomic mass is 10.0. The number of halogens is 1. The number of aliphatic hydroxyl groups excluding tert-OH is 1. The molecule has 2 aromatic rings. The Kier molecular flexibility index (Phi) is 4.10. The molecule has 1 atom stereocenters. The molecule has 1 unspecified atom stereocenters. The molecular weight excluding hydrogens is 280 g/mol. The van der Waals surface area contributed by atoms with Crippen molar-refractivity contribution in [2.24, 2.45) is 0 Å². The smallest absolute Gasteiger partial charge is 0.0761 e. The monoisotopic (exact) mass is 294 g/mol. The van der Waals surface area contributed by atoms with Crippen LogP contribution in [0.1, 0.15) is 18.5 Å². The first kappa shape index (κ1) is 12.5. The van der Waals surface area contributed by atoms with Crippen LogP contribution in [0.15, 0.2) is 34.9 Å². The van der Waals surface area contributed by atoms with Crippen LogP contribution in [0.4, 0.5) is 0 Å². The highest BCUT2D eigenvalue weighted by Gasteiger charge is 2.14. The van der Waals surface area contributed by atoms with Crippen molar-refractivity contribution in [2.75, 3.05) is 13.2 Å². The maximum Gasteiger partial charge on any atom is 0.0761 e. The molecule has 1 aromatic heterocycles. The first-order chi connectivity index (χ1) is 8.27. The molecular formula is C13H15BrN2O. The third-order valence-corrected chi connectivity index (χ3v) is 3.45. The second-order valence-corrected chi connectivity index (χ2v) is 4.68. The van der Waals surface area contributed by atoms with E-state index >= 15 is 0 Å². The van der Waals surface area contributed by atoms with Gasteiger partial charge in [0.2, 0.25) is 0 Å². The van der Waals surface area contributed by atoms with Crippen LogP contribution in [0, 0.1) is 0 Å². The quantitative estimate of drug-likeness (QED) is 0.911. The Hall–Kier alpha value is -0.970. The lowest BCUT2D eigenvalue weighted by molar-refractivity contribution is 0.247. The van der Waals surface area contributed by atoms with Gasteiger partial charge in [0.1, 0.15) is 0 Å². The number of benzene rings is 1. The highest BCUT2D eigenvalue weighted by Crippen LogP contribution is 2.28. The van der Waals surface area contributed by atoms with Crippen LogP contribution >= 0.6 is 15.9 Å². The molecule has 17 heavy (non-hydrogen) atoms. The molecule has 0 amide bonds. The number of aromatic nitrogens is 1. The van der Waals surface area contributed by atoms with Gasteiger partial charge in [-0.05, 0) is 24.2 Å². The molecule has 3 nitrogen and oxygen atoms in total. The molecule has 0 aliphatic heterocycles. The molecule has 0 saturated carbocycles. The minimum absolute atomic E-state index is 0.0644. The summed E-state index contributed by atoms with van der Waals surface area (Å²) >= 11 is 3.52. The molecule has 0 spiro atoms. The Morgan fingerprint density at radius 3 is 2.94 bits per heavy atom. The SMILES string of the molecule is CCNC(CO)c1ccc(Br)c2cccnc12. The normalized spacial score (nSPS) is 12.9. The predicted octanol–water partition coefficient (Wildman–Crippen LogP) is 2.64. The van der Waals surface area contributed by atoms with E-state index < -0.39 is 0 Å². The van der Waals surface area contributed by atoms with Crippen molar-refractivity contribution in [2.45, 2.75) is 13.0 Å². The molecule has 90 valence electrons. The second-order valence-electron chi connectivity index (χ2n) is 3.83. The van der Waals surface area contributed by atoms with Gasteiger partial charge in [-0.2, -0.15) is 0 Å². The fraction of sp³-hybridized carbons (Fsp3) is 0.308. The molecule has 4 heteroatoms. The zero-order chi connectivity index (χ0) is 12.3. The highest BCUT2D eigenvalue weighted by molar-refractivity contribution is 9.10. The van der Waals surface area contributed by atoms with Gasteiger partial charge in [-0.15, -0.1) is 0 Å². The number of aliphatic hydroxyl groups is 1. The standard InChI is InChI=1S/C13H15BrN2O/c1-2-15-12(8-17)10-5-6-11(14)9-4-3-7-16-13(9)10/h3-7,12,15,17H,2,8H2,1H3. The molecule has 0 fully saturated rings. The van der Waals surface area contributed by atoms with Gasteiger partial charge in [-0.25, -0.2) is 0 Å². The highest BCUT2D eigenvalue weighted by atomic mass is 79.9. The van der Waals surface area contributed by atoms with E-state index in [4.69, 9.17) is 0 Å². The Balaban J connectivity index is 2.57. The summed E-state index contributed by atoms with van der Waals surface area (Å²) in [4.78, 5) is 4.41. The number of pyridine rings is 1. The van der Waals surface area contributed by atoms with Gasteiger partial charge in [0, 0.05) is 16.1 Å². The van der Waals surface area contributed by atoms with Gasteiger partial charge in [0.15, 0.2) is 0 Å². The molecule has 2 rings (SSSR count). The number of likely N-dealkylation sites (N-methyl/N-ethyl adjacent to an activating group) is 1. The second kappa shape index (κ2) is 5.58. The molecule has 1 heterocycles. The summed E-state index contributed by atoms with van der Waals surface area (Å²) < 4.78 is 1.03. The van der Waals surface area contributed by atoms with Gasteiger partial charge in [0.25, 0.3) is 0 Å². The molecule has 0 saturated heterocycles. The average molecular weight is 295 g/mol. The molecule has 1 aromatic carbocycles. The van der Waals surface area contributed by atoms with Crippen molar-refractivity contribution in [1.29, 1.82) is 0 Å². The number of hydrogen-bond donors (Lipinski definition) is 2. The molecule has 0 aliphatic rings. The van der Waals surface area contributed by atoms with Crippen LogP contribution in [0.3, 0.4) is 0 Å². The molecule has 0 aliphatic carbocycles. The van der Waals surface area contributed by atoms with Crippen LogP contribution in [-0.2, 0) is 0 Å². The summed E-state index contributed by atoms with van der Waals surface area (Å²) in [7, 11) is 0. The van der Waals surface area contributed by atoms with Crippen molar-refractivity contribution < 1.29 is 5.11 Å². The summed E-state index contributed by atoms with van der Waals surface area (Å²) in [5.74, 6) is 0. The van der Waals surface area contributed by atoms with Gasteiger partial charge >= 0.3 is 0 Å². The predicted molar refractivity (Wildman–Crippen MR) is 72.9 cm³/mol. The molecule has 2 N–H and O–H groups in total. The van der Waals surface area contributed by atoms with Crippen molar-refractivity contribution in [3.05, 3.63) is 40.5 Å². The van der Waals surface area contributed by atoms with Crippen molar-refractivity contribution in [3.8, 4) is 0 Å². The van der Waals surface area contributed by atoms with Crippen LogP contribution in [0.5, 0.6) is 0 Å². The summed E-state index contributed by atoms with van der Waals surface area (Å²) in [6.45, 7) is 2.91. The number of rotatable bonds is 4. The van der Waals surface area contributed by atoms with E-state index in [1.54, 1.807) is 6.20 Å². The van der Waals surface area contributed by atoms with Crippen molar-refractivity contribution in [3.63, 3.8) is 0 Å².